The smallest absolute Gasteiger partial charge is 0.261 e. The summed E-state index contributed by atoms with van der Waals surface area (Å²) < 4.78 is 5.19. The van der Waals surface area contributed by atoms with Crippen LogP contribution in [0.15, 0.2) is 71.3 Å². The van der Waals surface area contributed by atoms with Gasteiger partial charge in [-0.2, -0.15) is 0 Å². The molecule has 0 bridgehead atoms. The van der Waals surface area contributed by atoms with E-state index >= 15 is 0 Å². The summed E-state index contributed by atoms with van der Waals surface area (Å²) in [5.74, 6) is -0.660. The standard InChI is InChI=1S/C24H21N3O5/c28-21(10-11-27-23(30)19-8-1-2-9-20(19)24(27)31)25-14-16-5-3-6-17(13-16)22(29)26-15-18-7-4-12-32-18/h1-9,12-13H,10-11,14-15H2,(H,25,28)(H,26,29). The minimum absolute atomic E-state index is 0.00517. The van der Waals surface area contributed by atoms with Crippen LogP contribution in [0, 0.1) is 0 Å². The van der Waals surface area contributed by atoms with Crippen LogP contribution in [0.5, 0.6) is 0 Å². The normalized spacial score (nSPS) is 12.6. The van der Waals surface area contributed by atoms with Gasteiger partial charge in [-0.25, -0.2) is 0 Å². The number of fused-ring (bicyclic) bond motifs is 1. The number of imide groups is 1. The van der Waals surface area contributed by atoms with Crippen LogP contribution in [0.2, 0.25) is 0 Å². The van der Waals surface area contributed by atoms with Crippen molar-refractivity contribution in [2.45, 2.75) is 19.5 Å². The first-order chi connectivity index (χ1) is 15.5. The van der Waals surface area contributed by atoms with Gasteiger partial charge in [0.15, 0.2) is 0 Å². The van der Waals surface area contributed by atoms with Crippen LogP contribution in [0.4, 0.5) is 0 Å². The molecule has 4 amide bonds. The molecule has 2 N–H and O–H groups in total. The SMILES string of the molecule is O=C(CCN1C(=O)c2ccccc2C1=O)NCc1cccc(C(=O)NCc2ccco2)c1. The zero-order chi connectivity index (χ0) is 22.5. The number of benzene rings is 2. The summed E-state index contributed by atoms with van der Waals surface area (Å²) >= 11 is 0. The lowest BCUT2D eigenvalue weighted by Gasteiger charge is -2.13. The average Bonchev–Trinajstić information content (AvgIpc) is 3.42. The van der Waals surface area contributed by atoms with Crippen LogP contribution in [-0.2, 0) is 17.9 Å². The molecule has 0 saturated carbocycles. The van der Waals surface area contributed by atoms with Gasteiger partial charge in [-0.3, -0.25) is 24.1 Å². The van der Waals surface area contributed by atoms with Crippen molar-refractivity contribution in [3.05, 3.63) is 94.9 Å². The van der Waals surface area contributed by atoms with Crippen LogP contribution in [0.3, 0.4) is 0 Å². The van der Waals surface area contributed by atoms with E-state index in [1.807, 2.05) is 0 Å². The highest BCUT2D eigenvalue weighted by molar-refractivity contribution is 6.21. The van der Waals surface area contributed by atoms with E-state index in [0.717, 1.165) is 10.5 Å². The van der Waals surface area contributed by atoms with Crippen molar-refractivity contribution < 1.29 is 23.6 Å². The molecule has 2 heterocycles. The van der Waals surface area contributed by atoms with Crippen LogP contribution < -0.4 is 10.6 Å². The maximum absolute atomic E-state index is 12.4. The van der Waals surface area contributed by atoms with Crippen molar-refractivity contribution in [2.24, 2.45) is 0 Å². The molecule has 0 saturated heterocycles. The van der Waals surface area contributed by atoms with Gasteiger partial charge in [0.25, 0.3) is 17.7 Å². The molecule has 8 heteroatoms. The third kappa shape index (κ3) is 4.59. The van der Waals surface area contributed by atoms with Gasteiger partial charge >= 0.3 is 0 Å². The van der Waals surface area contributed by atoms with E-state index < -0.39 is 0 Å². The van der Waals surface area contributed by atoms with Gasteiger partial charge in [-0.1, -0.05) is 24.3 Å². The number of carbonyl (C=O) groups excluding carboxylic acids is 4. The summed E-state index contributed by atoms with van der Waals surface area (Å²) in [6.07, 6.45) is 1.54. The number of nitrogens with one attached hydrogen (secondary N) is 2. The molecule has 0 fully saturated rings. The molecular formula is C24H21N3O5. The van der Waals surface area contributed by atoms with E-state index in [-0.39, 0.29) is 49.7 Å². The van der Waals surface area contributed by atoms with Gasteiger partial charge < -0.3 is 15.1 Å². The number of rotatable bonds is 8. The molecule has 32 heavy (non-hydrogen) atoms. The second-order valence-corrected chi connectivity index (χ2v) is 7.30. The second kappa shape index (κ2) is 9.30. The van der Waals surface area contributed by atoms with Crippen molar-refractivity contribution in [1.82, 2.24) is 15.5 Å². The minimum atomic E-state index is -0.383. The highest BCUT2D eigenvalue weighted by Gasteiger charge is 2.34. The van der Waals surface area contributed by atoms with E-state index in [2.05, 4.69) is 10.6 Å². The molecule has 1 aliphatic heterocycles. The summed E-state index contributed by atoms with van der Waals surface area (Å²) in [5.41, 5.74) is 1.94. The van der Waals surface area contributed by atoms with Crippen molar-refractivity contribution in [3.8, 4) is 0 Å². The Morgan fingerprint density at radius 3 is 2.28 bits per heavy atom. The lowest BCUT2D eigenvalue weighted by molar-refractivity contribution is -0.121. The van der Waals surface area contributed by atoms with Crippen molar-refractivity contribution in [2.75, 3.05) is 6.54 Å². The van der Waals surface area contributed by atoms with Gasteiger partial charge in [-0.15, -0.1) is 0 Å². The molecule has 0 spiro atoms. The zero-order valence-electron chi connectivity index (χ0n) is 17.2. The fourth-order valence-electron chi connectivity index (χ4n) is 3.45. The van der Waals surface area contributed by atoms with Crippen molar-refractivity contribution in [1.29, 1.82) is 0 Å². The number of furan rings is 1. The Kier molecular flexibility index (Phi) is 6.12. The predicted molar refractivity (Wildman–Crippen MR) is 115 cm³/mol. The van der Waals surface area contributed by atoms with Crippen LogP contribution in [0.25, 0.3) is 0 Å². The lowest BCUT2D eigenvalue weighted by atomic mass is 10.1. The fraction of sp³-hybridized carbons (Fsp3) is 0.167. The highest BCUT2D eigenvalue weighted by Crippen LogP contribution is 2.22. The quantitative estimate of drug-likeness (QED) is 0.533. The lowest BCUT2D eigenvalue weighted by Crippen LogP contribution is -2.34. The Balaban J connectivity index is 1.26. The highest BCUT2D eigenvalue weighted by atomic mass is 16.3. The zero-order valence-corrected chi connectivity index (χ0v) is 17.2. The third-order valence-electron chi connectivity index (χ3n) is 5.12. The Bertz CT molecular complexity index is 1130. The monoisotopic (exact) mass is 431 g/mol. The van der Waals surface area contributed by atoms with E-state index in [1.165, 1.54) is 0 Å². The number of amides is 4. The van der Waals surface area contributed by atoms with Gasteiger partial charge in [0, 0.05) is 25.1 Å². The Labute approximate surface area is 184 Å². The summed E-state index contributed by atoms with van der Waals surface area (Å²) in [4.78, 5) is 50.4. The molecular weight excluding hydrogens is 410 g/mol. The minimum Gasteiger partial charge on any atom is -0.467 e. The molecule has 0 unspecified atom stereocenters. The number of carbonyl (C=O) groups is 4. The number of nitrogens with zero attached hydrogens (tertiary/aromatic N) is 1. The maximum Gasteiger partial charge on any atom is 0.261 e. The molecule has 3 aromatic rings. The van der Waals surface area contributed by atoms with E-state index in [9.17, 15) is 19.2 Å². The van der Waals surface area contributed by atoms with Gasteiger partial charge in [0.1, 0.15) is 5.76 Å². The first-order valence-electron chi connectivity index (χ1n) is 10.1. The fourth-order valence-corrected chi connectivity index (χ4v) is 3.45. The van der Waals surface area contributed by atoms with Crippen LogP contribution in [0.1, 0.15) is 48.8 Å². The number of hydrogen-bond donors (Lipinski definition) is 2. The summed E-state index contributed by atoms with van der Waals surface area (Å²) in [7, 11) is 0. The predicted octanol–water partition coefficient (Wildman–Crippen LogP) is 2.51. The molecule has 1 aromatic heterocycles. The molecule has 1 aliphatic rings. The first kappa shape index (κ1) is 21.0. The maximum atomic E-state index is 12.4. The second-order valence-electron chi connectivity index (χ2n) is 7.30. The third-order valence-corrected chi connectivity index (χ3v) is 5.12. The molecule has 4 rings (SSSR count). The summed E-state index contributed by atoms with van der Waals surface area (Å²) in [6, 6.07) is 17.0. The molecule has 2 aromatic carbocycles. The average molecular weight is 431 g/mol. The van der Waals surface area contributed by atoms with Gasteiger partial charge in [0.05, 0.1) is 23.9 Å². The first-order valence-corrected chi connectivity index (χ1v) is 10.1. The van der Waals surface area contributed by atoms with Gasteiger partial charge in [-0.05, 0) is 42.0 Å². The molecule has 8 nitrogen and oxygen atoms in total. The molecule has 162 valence electrons. The topological polar surface area (TPSA) is 109 Å². The summed E-state index contributed by atoms with van der Waals surface area (Å²) in [6.45, 7) is 0.512. The number of hydrogen-bond acceptors (Lipinski definition) is 5. The van der Waals surface area contributed by atoms with E-state index in [1.54, 1.807) is 66.9 Å². The molecule has 0 radical (unpaired) electrons. The Morgan fingerprint density at radius 2 is 1.59 bits per heavy atom. The molecule has 0 aliphatic carbocycles. The Hall–Kier alpha value is -4.20. The Morgan fingerprint density at radius 1 is 0.844 bits per heavy atom. The van der Waals surface area contributed by atoms with E-state index in [0.29, 0.717) is 22.5 Å². The largest absolute Gasteiger partial charge is 0.467 e. The van der Waals surface area contributed by atoms with Crippen LogP contribution >= 0.6 is 0 Å². The van der Waals surface area contributed by atoms with Crippen molar-refractivity contribution >= 4 is 23.6 Å². The van der Waals surface area contributed by atoms with Gasteiger partial charge in [0.2, 0.25) is 5.91 Å². The summed E-state index contributed by atoms with van der Waals surface area (Å²) in [5, 5.41) is 5.53. The van der Waals surface area contributed by atoms with E-state index in [4.69, 9.17) is 4.42 Å². The van der Waals surface area contributed by atoms with Crippen molar-refractivity contribution in [3.63, 3.8) is 0 Å². The molecule has 0 atom stereocenters. The van der Waals surface area contributed by atoms with Crippen LogP contribution in [-0.4, -0.2) is 35.1 Å².